The lowest BCUT2D eigenvalue weighted by atomic mass is 9.95. The molecule has 0 saturated heterocycles. The average molecular weight is 263 g/mol. The Bertz CT molecular complexity index is 398. The fourth-order valence-corrected chi connectivity index (χ4v) is 2.50. The molecule has 0 heterocycles. The van der Waals surface area contributed by atoms with Crippen LogP contribution in [-0.4, -0.2) is 13.2 Å². The number of rotatable bonds is 7. The Kier molecular flexibility index (Phi) is 6.36. The van der Waals surface area contributed by atoms with E-state index >= 15 is 0 Å². The van der Waals surface area contributed by atoms with Crippen LogP contribution in [0.3, 0.4) is 0 Å². The van der Waals surface area contributed by atoms with E-state index in [2.05, 4.69) is 52.1 Å². The molecule has 19 heavy (non-hydrogen) atoms. The molecule has 0 fully saturated rings. The Labute approximate surface area is 118 Å². The maximum Gasteiger partial charge on any atom is 0.126 e. The van der Waals surface area contributed by atoms with Gasteiger partial charge in [0.25, 0.3) is 0 Å². The Morgan fingerprint density at radius 3 is 2.42 bits per heavy atom. The molecule has 1 N–H and O–H groups in total. The second kappa shape index (κ2) is 7.54. The van der Waals surface area contributed by atoms with E-state index in [0.29, 0.717) is 12.1 Å². The number of benzene rings is 1. The van der Waals surface area contributed by atoms with Crippen LogP contribution in [0.5, 0.6) is 5.75 Å². The van der Waals surface area contributed by atoms with Gasteiger partial charge < -0.3 is 10.1 Å². The number of unbranched alkanes of at least 4 members (excludes halogenated alkanes) is 1. The summed E-state index contributed by atoms with van der Waals surface area (Å²) >= 11 is 0. The molecule has 0 amide bonds. The average Bonchev–Trinajstić information content (AvgIpc) is 2.37. The third-order valence-corrected chi connectivity index (χ3v) is 3.67. The maximum absolute atomic E-state index is 5.66. The third-order valence-electron chi connectivity index (χ3n) is 3.67. The van der Waals surface area contributed by atoms with Crippen LogP contribution in [0.15, 0.2) is 12.1 Å². The van der Waals surface area contributed by atoms with Gasteiger partial charge in [-0.2, -0.15) is 0 Å². The van der Waals surface area contributed by atoms with Crippen molar-refractivity contribution in [1.29, 1.82) is 0 Å². The van der Waals surface area contributed by atoms with Crippen LogP contribution in [-0.2, 0) is 0 Å². The molecule has 1 atom stereocenters. The van der Waals surface area contributed by atoms with Gasteiger partial charge in [0.05, 0.1) is 7.11 Å². The molecule has 0 aliphatic heterocycles. The highest BCUT2D eigenvalue weighted by Crippen LogP contribution is 2.33. The van der Waals surface area contributed by atoms with Crippen molar-refractivity contribution in [2.75, 3.05) is 7.11 Å². The highest BCUT2D eigenvalue weighted by Gasteiger charge is 2.18. The van der Waals surface area contributed by atoms with Crippen molar-refractivity contribution in [3.05, 3.63) is 28.8 Å². The largest absolute Gasteiger partial charge is 0.496 e. The van der Waals surface area contributed by atoms with Gasteiger partial charge in [-0.25, -0.2) is 0 Å². The maximum atomic E-state index is 5.66. The van der Waals surface area contributed by atoms with Crippen molar-refractivity contribution in [2.24, 2.45) is 0 Å². The second-order valence-corrected chi connectivity index (χ2v) is 5.65. The van der Waals surface area contributed by atoms with Gasteiger partial charge in [-0.3, -0.25) is 0 Å². The first-order valence-corrected chi connectivity index (χ1v) is 7.41. The predicted octanol–water partition coefficient (Wildman–Crippen LogP) is 4.54. The van der Waals surface area contributed by atoms with Gasteiger partial charge in [0.15, 0.2) is 0 Å². The molecule has 0 saturated carbocycles. The molecule has 2 heteroatoms. The van der Waals surface area contributed by atoms with Gasteiger partial charge in [0.1, 0.15) is 5.75 Å². The second-order valence-electron chi connectivity index (χ2n) is 5.65. The van der Waals surface area contributed by atoms with Crippen LogP contribution >= 0.6 is 0 Å². The first kappa shape index (κ1) is 16.0. The van der Waals surface area contributed by atoms with Crippen LogP contribution in [0.25, 0.3) is 0 Å². The monoisotopic (exact) mass is 263 g/mol. The van der Waals surface area contributed by atoms with Gasteiger partial charge >= 0.3 is 0 Å². The molecule has 0 aromatic heterocycles. The van der Waals surface area contributed by atoms with E-state index in [1.54, 1.807) is 7.11 Å². The summed E-state index contributed by atoms with van der Waals surface area (Å²) in [7, 11) is 1.78. The van der Waals surface area contributed by atoms with Gasteiger partial charge in [0, 0.05) is 17.6 Å². The van der Waals surface area contributed by atoms with Gasteiger partial charge in [-0.05, 0) is 31.4 Å². The van der Waals surface area contributed by atoms with Gasteiger partial charge in [-0.1, -0.05) is 45.7 Å². The molecule has 1 aromatic rings. The molecule has 1 unspecified atom stereocenters. The number of ether oxygens (including phenoxy) is 1. The van der Waals surface area contributed by atoms with Crippen LogP contribution in [0.4, 0.5) is 0 Å². The summed E-state index contributed by atoms with van der Waals surface area (Å²) < 4.78 is 5.66. The van der Waals surface area contributed by atoms with Crippen LogP contribution in [0.1, 0.15) is 62.8 Å². The van der Waals surface area contributed by atoms with Gasteiger partial charge in [0.2, 0.25) is 0 Å². The minimum absolute atomic E-state index is 0.384. The van der Waals surface area contributed by atoms with Crippen molar-refractivity contribution in [3.63, 3.8) is 0 Å². The molecule has 0 aliphatic rings. The lowest BCUT2D eigenvalue weighted by Gasteiger charge is -2.25. The van der Waals surface area contributed by atoms with Crippen LogP contribution < -0.4 is 10.1 Å². The number of nitrogens with one attached hydrogen (secondary N) is 1. The summed E-state index contributed by atoms with van der Waals surface area (Å²) in [5.74, 6) is 1.05. The highest BCUT2D eigenvalue weighted by molar-refractivity contribution is 5.46. The zero-order valence-electron chi connectivity index (χ0n) is 13.3. The van der Waals surface area contributed by atoms with Crippen molar-refractivity contribution in [2.45, 2.75) is 66.0 Å². The van der Waals surface area contributed by atoms with E-state index in [-0.39, 0.29) is 0 Å². The molecule has 1 rings (SSSR count). The van der Waals surface area contributed by atoms with E-state index in [1.807, 2.05) is 0 Å². The van der Waals surface area contributed by atoms with Crippen molar-refractivity contribution < 1.29 is 4.74 Å². The van der Waals surface area contributed by atoms with E-state index in [4.69, 9.17) is 4.74 Å². The topological polar surface area (TPSA) is 21.3 Å². The fraction of sp³-hybridized carbons (Fsp3) is 0.647. The molecule has 1 aromatic carbocycles. The highest BCUT2D eigenvalue weighted by atomic mass is 16.5. The molecular formula is C17H29NO. The van der Waals surface area contributed by atoms with Crippen LogP contribution in [0, 0.1) is 13.8 Å². The van der Waals surface area contributed by atoms with E-state index in [1.165, 1.54) is 29.5 Å². The number of aryl methyl sites for hydroxylation is 1. The van der Waals surface area contributed by atoms with Gasteiger partial charge in [-0.15, -0.1) is 0 Å². The molecule has 2 nitrogen and oxygen atoms in total. The number of methoxy groups -OCH3 is 1. The molecule has 0 radical (unpaired) electrons. The SMILES string of the molecule is CCCCC(NC(C)C)c1ccc(C)c(C)c1OC. The molecule has 0 spiro atoms. The quantitative estimate of drug-likeness (QED) is 0.779. The van der Waals surface area contributed by atoms with Crippen molar-refractivity contribution in [3.8, 4) is 5.75 Å². The lowest BCUT2D eigenvalue weighted by molar-refractivity contribution is 0.381. The molecule has 0 aliphatic carbocycles. The summed E-state index contributed by atoms with van der Waals surface area (Å²) in [6, 6.07) is 5.28. The Hall–Kier alpha value is -1.02. The molecular weight excluding hydrogens is 234 g/mol. The fourth-order valence-electron chi connectivity index (χ4n) is 2.50. The first-order chi connectivity index (χ1) is 9.01. The van der Waals surface area contributed by atoms with E-state index in [9.17, 15) is 0 Å². The zero-order chi connectivity index (χ0) is 14.4. The Morgan fingerprint density at radius 2 is 1.89 bits per heavy atom. The normalized spacial score (nSPS) is 12.8. The standard InChI is InChI=1S/C17H29NO/c1-7-8-9-16(18-12(2)3)15-11-10-13(4)14(5)17(15)19-6/h10-12,16,18H,7-9H2,1-6H3. The van der Waals surface area contributed by atoms with E-state index < -0.39 is 0 Å². The Balaban J connectivity index is 3.09. The number of hydrogen-bond acceptors (Lipinski definition) is 2. The van der Waals surface area contributed by atoms with E-state index in [0.717, 1.165) is 12.2 Å². The molecule has 0 bridgehead atoms. The summed E-state index contributed by atoms with van der Waals surface area (Å²) in [5, 5.41) is 3.67. The zero-order valence-corrected chi connectivity index (χ0v) is 13.3. The smallest absolute Gasteiger partial charge is 0.126 e. The first-order valence-electron chi connectivity index (χ1n) is 7.41. The Morgan fingerprint density at radius 1 is 1.21 bits per heavy atom. The summed E-state index contributed by atoms with van der Waals surface area (Å²) in [6.07, 6.45) is 3.62. The van der Waals surface area contributed by atoms with Crippen molar-refractivity contribution >= 4 is 0 Å². The summed E-state index contributed by atoms with van der Waals surface area (Å²) in [4.78, 5) is 0. The minimum atomic E-state index is 0.384. The lowest BCUT2D eigenvalue weighted by Crippen LogP contribution is -2.28. The summed E-state index contributed by atoms with van der Waals surface area (Å²) in [5.41, 5.74) is 3.85. The summed E-state index contributed by atoms with van der Waals surface area (Å²) in [6.45, 7) is 10.9. The minimum Gasteiger partial charge on any atom is -0.496 e. The predicted molar refractivity (Wildman–Crippen MR) is 83.0 cm³/mol. The van der Waals surface area contributed by atoms with Crippen LogP contribution in [0.2, 0.25) is 0 Å². The number of hydrogen-bond donors (Lipinski definition) is 1. The van der Waals surface area contributed by atoms with Crippen molar-refractivity contribution in [1.82, 2.24) is 5.32 Å². The third kappa shape index (κ3) is 4.24. The molecule has 108 valence electrons.